The number of aromatic nitrogens is 2. The Balaban J connectivity index is 2.70. The number of carboxylic acid groups (broad SMARTS) is 1. The van der Waals surface area contributed by atoms with Gasteiger partial charge in [-0.1, -0.05) is 11.8 Å². The van der Waals surface area contributed by atoms with Crippen molar-refractivity contribution >= 4 is 34.5 Å². The highest BCUT2D eigenvalue weighted by atomic mass is 32.2. The predicted molar refractivity (Wildman–Crippen MR) is 81.8 cm³/mol. The molecule has 0 atom stereocenters. The quantitative estimate of drug-likeness (QED) is 0.675. The van der Waals surface area contributed by atoms with Crippen molar-refractivity contribution in [2.75, 3.05) is 24.2 Å². The van der Waals surface area contributed by atoms with Crippen LogP contribution >= 0.6 is 11.8 Å². The fraction of sp³-hybridized carbons (Fsp3) is 0.357. The molecule has 0 aliphatic carbocycles. The van der Waals surface area contributed by atoms with Crippen LogP contribution in [0.5, 0.6) is 0 Å². The van der Waals surface area contributed by atoms with E-state index in [0.29, 0.717) is 10.7 Å². The lowest BCUT2D eigenvalue weighted by atomic mass is 10.1. The van der Waals surface area contributed by atoms with E-state index >= 15 is 0 Å². The number of benzene rings is 1. The number of hydrogen-bond acceptors (Lipinski definition) is 5. The fourth-order valence-electron chi connectivity index (χ4n) is 2.08. The summed E-state index contributed by atoms with van der Waals surface area (Å²) in [5.41, 5.74) is 0.917. The Hall–Kier alpha value is -1.82. The molecule has 1 heterocycles. The summed E-state index contributed by atoms with van der Waals surface area (Å²) in [5.74, 6) is -0.0816. The van der Waals surface area contributed by atoms with E-state index in [0.717, 1.165) is 24.3 Å². The number of carboxylic acids is 1. The number of carbonyl (C=O) groups is 1. The zero-order chi connectivity index (χ0) is 14.7. The molecule has 1 N–H and O–H groups in total. The van der Waals surface area contributed by atoms with Gasteiger partial charge >= 0.3 is 5.97 Å². The minimum absolute atomic E-state index is 0.244. The van der Waals surface area contributed by atoms with E-state index in [1.54, 1.807) is 18.2 Å². The van der Waals surface area contributed by atoms with E-state index in [2.05, 4.69) is 28.7 Å². The lowest BCUT2D eigenvalue weighted by Crippen LogP contribution is -2.23. The van der Waals surface area contributed by atoms with Crippen molar-refractivity contribution in [2.45, 2.75) is 19.0 Å². The molecule has 0 saturated carbocycles. The van der Waals surface area contributed by atoms with Crippen molar-refractivity contribution in [2.24, 2.45) is 0 Å². The first-order chi connectivity index (χ1) is 9.60. The molecule has 5 nitrogen and oxygen atoms in total. The molecule has 6 heteroatoms. The highest BCUT2D eigenvalue weighted by molar-refractivity contribution is 7.98. The van der Waals surface area contributed by atoms with Crippen molar-refractivity contribution in [3.05, 3.63) is 23.8 Å². The van der Waals surface area contributed by atoms with Gasteiger partial charge in [-0.2, -0.15) is 0 Å². The van der Waals surface area contributed by atoms with Crippen LogP contribution in [0.4, 0.5) is 5.82 Å². The number of anilines is 1. The SMILES string of the molecule is CCN(CC)c1nc(SC)nc2cc(C(=O)O)ccc12. The Kier molecular flexibility index (Phi) is 4.44. The summed E-state index contributed by atoms with van der Waals surface area (Å²) in [6.07, 6.45) is 1.91. The molecule has 0 aliphatic heterocycles. The van der Waals surface area contributed by atoms with Gasteiger partial charge in [-0.25, -0.2) is 14.8 Å². The first-order valence-electron chi connectivity index (χ1n) is 6.44. The second-order valence-corrected chi connectivity index (χ2v) is 5.02. The van der Waals surface area contributed by atoms with Gasteiger partial charge in [0.2, 0.25) is 0 Å². The third-order valence-electron chi connectivity index (χ3n) is 3.15. The molecule has 0 spiro atoms. The first-order valence-corrected chi connectivity index (χ1v) is 7.67. The summed E-state index contributed by atoms with van der Waals surface area (Å²) in [5, 5.41) is 10.6. The Morgan fingerprint density at radius 2 is 2.00 bits per heavy atom. The van der Waals surface area contributed by atoms with Crippen LogP contribution < -0.4 is 4.90 Å². The molecule has 0 aliphatic rings. The van der Waals surface area contributed by atoms with E-state index < -0.39 is 5.97 Å². The Morgan fingerprint density at radius 1 is 1.30 bits per heavy atom. The maximum atomic E-state index is 11.1. The van der Waals surface area contributed by atoms with Crippen molar-refractivity contribution < 1.29 is 9.90 Å². The van der Waals surface area contributed by atoms with Gasteiger partial charge in [0.1, 0.15) is 5.82 Å². The summed E-state index contributed by atoms with van der Waals surface area (Å²) < 4.78 is 0. The van der Waals surface area contributed by atoms with Crippen LogP contribution in [0.1, 0.15) is 24.2 Å². The van der Waals surface area contributed by atoms with Gasteiger partial charge in [-0.15, -0.1) is 0 Å². The minimum Gasteiger partial charge on any atom is -0.478 e. The molecule has 0 unspecified atom stereocenters. The number of thioether (sulfide) groups is 1. The van der Waals surface area contributed by atoms with Crippen LogP contribution in [0.25, 0.3) is 10.9 Å². The van der Waals surface area contributed by atoms with Crippen LogP contribution in [0.2, 0.25) is 0 Å². The molecule has 1 aromatic carbocycles. The van der Waals surface area contributed by atoms with E-state index in [-0.39, 0.29) is 5.56 Å². The van der Waals surface area contributed by atoms with Crippen LogP contribution in [-0.2, 0) is 0 Å². The molecular weight excluding hydrogens is 274 g/mol. The number of aromatic carboxylic acids is 1. The first kappa shape index (κ1) is 14.6. The normalized spacial score (nSPS) is 10.8. The van der Waals surface area contributed by atoms with E-state index in [4.69, 9.17) is 5.11 Å². The smallest absolute Gasteiger partial charge is 0.335 e. The lowest BCUT2D eigenvalue weighted by Gasteiger charge is -2.21. The number of hydrogen-bond donors (Lipinski definition) is 1. The third kappa shape index (κ3) is 2.70. The van der Waals surface area contributed by atoms with Crippen LogP contribution in [0.3, 0.4) is 0 Å². The molecule has 0 amide bonds. The largest absolute Gasteiger partial charge is 0.478 e. The molecular formula is C14H17N3O2S. The van der Waals surface area contributed by atoms with E-state index in [1.807, 2.05) is 6.26 Å². The van der Waals surface area contributed by atoms with Crippen molar-refractivity contribution in [3.8, 4) is 0 Å². The molecule has 106 valence electrons. The fourth-order valence-corrected chi connectivity index (χ4v) is 2.45. The summed E-state index contributed by atoms with van der Waals surface area (Å²) in [6, 6.07) is 4.99. The van der Waals surface area contributed by atoms with Crippen molar-refractivity contribution in [1.82, 2.24) is 9.97 Å². The number of rotatable bonds is 5. The highest BCUT2D eigenvalue weighted by Gasteiger charge is 2.14. The van der Waals surface area contributed by atoms with Crippen LogP contribution in [-0.4, -0.2) is 40.4 Å². The maximum absolute atomic E-state index is 11.1. The molecule has 2 rings (SSSR count). The Labute approximate surface area is 122 Å². The second kappa shape index (κ2) is 6.09. The average Bonchev–Trinajstić information content (AvgIpc) is 2.47. The van der Waals surface area contributed by atoms with Gasteiger partial charge in [0.05, 0.1) is 11.1 Å². The lowest BCUT2D eigenvalue weighted by molar-refractivity contribution is 0.0697. The molecule has 20 heavy (non-hydrogen) atoms. The monoisotopic (exact) mass is 291 g/mol. The van der Waals surface area contributed by atoms with Gasteiger partial charge in [-0.3, -0.25) is 0 Å². The standard InChI is InChI=1S/C14H17N3O2S/c1-4-17(5-2)12-10-7-6-9(13(18)19)8-11(10)15-14(16-12)20-3/h6-8H,4-5H2,1-3H3,(H,18,19). The van der Waals surface area contributed by atoms with Crippen molar-refractivity contribution in [3.63, 3.8) is 0 Å². The summed E-state index contributed by atoms with van der Waals surface area (Å²) >= 11 is 1.45. The molecule has 2 aromatic rings. The summed E-state index contributed by atoms with van der Waals surface area (Å²) in [6.45, 7) is 5.83. The number of fused-ring (bicyclic) bond motifs is 1. The molecule has 0 fully saturated rings. The predicted octanol–water partition coefficient (Wildman–Crippen LogP) is 2.90. The molecule has 1 aromatic heterocycles. The topological polar surface area (TPSA) is 66.3 Å². The second-order valence-electron chi connectivity index (χ2n) is 4.24. The van der Waals surface area contributed by atoms with Gasteiger partial charge in [0, 0.05) is 18.5 Å². The summed E-state index contributed by atoms with van der Waals surface area (Å²) in [4.78, 5) is 22.2. The molecule has 0 bridgehead atoms. The van der Waals surface area contributed by atoms with Gasteiger partial charge in [0.15, 0.2) is 5.16 Å². The van der Waals surface area contributed by atoms with Gasteiger partial charge < -0.3 is 10.0 Å². The molecule has 0 radical (unpaired) electrons. The number of nitrogens with zero attached hydrogens (tertiary/aromatic N) is 3. The Bertz CT molecular complexity index is 642. The highest BCUT2D eigenvalue weighted by Crippen LogP contribution is 2.27. The Morgan fingerprint density at radius 3 is 2.55 bits per heavy atom. The van der Waals surface area contributed by atoms with E-state index in [1.165, 1.54) is 11.8 Å². The minimum atomic E-state index is -0.944. The third-order valence-corrected chi connectivity index (χ3v) is 3.70. The maximum Gasteiger partial charge on any atom is 0.335 e. The van der Waals surface area contributed by atoms with Crippen molar-refractivity contribution in [1.29, 1.82) is 0 Å². The zero-order valence-corrected chi connectivity index (χ0v) is 12.6. The van der Waals surface area contributed by atoms with Crippen LogP contribution in [0, 0.1) is 0 Å². The average molecular weight is 291 g/mol. The molecule has 0 saturated heterocycles. The van der Waals surface area contributed by atoms with Crippen LogP contribution in [0.15, 0.2) is 23.4 Å². The van der Waals surface area contributed by atoms with E-state index in [9.17, 15) is 4.79 Å². The van der Waals surface area contributed by atoms with Gasteiger partial charge in [0.25, 0.3) is 0 Å². The summed E-state index contributed by atoms with van der Waals surface area (Å²) in [7, 11) is 0. The zero-order valence-electron chi connectivity index (χ0n) is 11.8. The van der Waals surface area contributed by atoms with Gasteiger partial charge in [-0.05, 0) is 38.3 Å².